The number of halogens is 3. The summed E-state index contributed by atoms with van der Waals surface area (Å²) in [5, 5.41) is 0. The second-order valence-corrected chi connectivity index (χ2v) is 6.42. The van der Waals surface area contributed by atoms with Crippen molar-refractivity contribution in [2.75, 3.05) is 14.2 Å². The average molecular weight is 379 g/mol. The Morgan fingerprint density at radius 2 is 1.85 bits per heavy atom. The Hall–Kier alpha value is -2.70. The zero-order chi connectivity index (χ0) is 19.6. The molecule has 7 heteroatoms. The Kier molecular flexibility index (Phi) is 5.30. The fourth-order valence-corrected chi connectivity index (χ4v) is 2.94. The first-order valence-corrected chi connectivity index (χ1v) is 8.52. The molecule has 1 amide bonds. The van der Waals surface area contributed by atoms with E-state index in [2.05, 4.69) is 0 Å². The average Bonchev–Trinajstić information content (AvgIpc) is 3.49. The first kappa shape index (κ1) is 19.1. The minimum Gasteiger partial charge on any atom is -0.497 e. The maximum absolute atomic E-state index is 13.0. The maximum Gasteiger partial charge on any atom is 0.416 e. The molecule has 0 unspecified atom stereocenters. The molecule has 1 saturated carbocycles. The standard InChI is InChI=1S/C20H20F3NO3/c1-26-17-8-9-18(27-2)14(11-17)12-24(16-6-7-16)19(25)13-4-3-5-15(10-13)20(21,22)23/h3-5,8-11,16H,6-7,12H2,1-2H3. The molecule has 2 aromatic rings. The number of benzene rings is 2. The molecule has 4 nitrogen and oxygen atoms in total. The van der Waals surface area contributed by atoms with Crippen LogP contribution in [0.25, 0.3) is 0 Å². The fourth-order valence-electron chi connectivity index (χ4n) is 2.94. The number of nitrogens with zero attached hydrogens (tertiary/aromatic N) is 1. The van der Waals surface area contributed by atoms with Crippen LogP contribution in [0.5, 0.6) is 11.5 Å². The highest BCUT2D eigenvalue weighted by Gasteiger charge is 2.35. The molecule has 0 bridgehead atoms. The summed E-state index contributed by atoms with van der Waals surface area (Å²) < 4.78 is 49.5. The van der Waals surface area contributed by atoms with Crippen molar-refractivity contribution in [3.63, 3.8) is 0 Å². The second kappa shape index (κ2) is 7.50. The van der Waals surface area contributed by atoms with Crippen LogP contribution >= 0.6 is 0 Å². The summed E-state index contributed by atoms with van der Waals surface area (Å²) in [4.78, 5) is 14.6. The lowest BCUT2D eigenvalue weighted by atomic mass is 10.1. The largest absolute Gasteiger partial charge is 0.497 e. The third-order valence-corrected chi connectivity index (χ3v) is 4.51. The zero-order valence-corrected chi connectivity index (χ0v) is 15.0. The SMILES string of the molecule is COc1ccc(OC)c(CN(C(=O)c2cccc(C(F)(F)F)c2)C2CC2)c1. The van der Waals surface area contributed by atoms with Crippen LogP contribution < -0.4 is 9.47 Å². The van der Waals surface area contributed by atoms with Gasteiger partial charge in [-0.15, -0.1) is 0 Å². The maximum atomic E-state index is 13.0. The minimum atomic E-state index is -4.49. The Morgan fingerprint density at radius 1 is 1.11 bits per heavy atom. The van der Waals surface area contributed by atoms with Gasteiger partial charge in [0.2, 0.25) is 0 Å². The molecule has 0 aromatic heterocycles. The van der Waals surface area contributed by atoms with Crippen LogP contribution in [0.4, 0.5) is 13.2 Å². The predicted octanol–water partition coefficient (Wildman–Crippen LogP) is 4.53. The van der Waals surface area contributed by atoms with Crippen LogP contribution in [-0.4, -0.2) is 31.1 Å². The van der Waals surface area contributed by atoms with Crippen molar-refractivity contribution in [2.45, 2.75) is 31.6 Å². The summed E-state index contributed by atoms with van der Waals surface area (Å²) in [7, 11) is 3.07. The lowest BCUT2D eigenvalue weighted by molar-refractivity contribution is -0.137. The van der Waals surface area contributed by atoms with Gasteiger partial charge in [-0.2, -0.15) is 13.2 Å². The molecule has 0 heterocycles. The smallest absolute Gasteiger partial charge is 0.416 e. The highest BCUT2D eigenvalue weighted by atomic mass is 19.4. The van der Waals surface area contributed by atoms with Crippen LogP contribution in [0.1, 0.15) is 34.3 Å². The fraction of sp³-hybridized carbons (Fsp3) is 0.350. The van der Waals surface area contributed by atoms with Gasteiger partial charge in [0.15, 0.2) is 0 Å². The first-order chi connectivity index (χ1) is 12.8. The molecule has 2 aromatic carbocycles. The molecule has 3 rings (SSSR count). The normalized spacial score (nSPS) is 14.0. The number of ether oxygens (including phenoxy) is 2. The van der Waals surface area contributed by atoms with Crippen molar-refractivity contribution in [3.8, 4) is 11.5 Å². The number of hydrogen-bond donors (Lipinski definition) is 0. The van der Waals surface area contributed by atoms with E-state index >= 15 is 0 Å². The van der Waals surface area contributed by atoms with Crippen molar-refractivity contribution in [2.24, 2.45) is 0 Å². The van der Waals surface area contributed by atoms with Gasteiger partial charge in [0, 0.05) is 17.2 Å². The number of alkyl halides is 3. The summed E-state index contributed by atoms with van der Waals surface area (Å²) in [6.45, 7) is 0.236. The van der Waals surface area contributed by atoms with Gasteiger partial charge in [-0.05, 0) is 49.2 Å². The van der Waals surface area contributed by atoms with E-state index in [9.17, 15) is 18.0 Å². The molecular weight excluding hydrogens is 359 g/mol. The van der Waals surface area contributed by atoms with E-state index in [4.69, 9.17) is 9.47 Å². The lowest BCUT2D eigenvalue weighted by Gasteiger charge is -2.24. The quantitative estimate of drug-likeness (QED) is 0.740. The molecule has 1 aliphatic rings. The van der Waals surface area contributed by atoms with E-state index in [1.54, 1.807) is 23.1 Å². The molecule has 0 aliphatic heterocycles. The molecule has 0 N–H and O–H groups in total. The van der Waals surface area contributed by atoms with E-state index < -0.39 is 17.6 Å². The highest BCUT2D eigenvalue weighted by Crippen LogP contribution is 2.34. The van der Waals surface area contributed by atoms with Gasteiger partial charge in [-0.1, -0.05) is 6.07 Å². The van der Waals surface area contributed by atoms with Crippen molar-refractivity contribution in [3.05, 3.63) is 59.2 Å². The van der Waals surface area contributed by atoms with E-state index in [1.165, 1.54) is 26.4 Å². The molecule has 1 fully saturated rings. The van der Waals surface area contributed by atoms with Gasteiger partial charge in [-0.3, -0.25) is 4.79 Å². The Morgan fingerprint density at radius 3 is 2.44 bits per heavy atom. The third kappa shape index (κ3) is 4.35. The third-order valence-electron chi connectivity index (χ3n) is 4.51. The first-order valence-electron chi connectivity index (χ1n) is 8.52. The molecule has 0 atom stereocenters. The molecule has 27 heavy (non-hydrogen) atoms. The molecule has 0 saturated heterocycles. The van der Waals surface area contributed by atoms with Crippen LogP contribution in [0, 0.1) is 0 Å². The Balaban J connectivity index is 1.90. The monoisotopic (exact) mass is 379 g/mol. The number of amides is 1. The van der Waals surface area contributed by atoms with Crippen molar-refractivity contribution < 1.29 is 27.4 Å². The highest BCUT2D eigenvalue weighted by molar-refractivity contribution is 5.94. The lowest BCUT2D eigenvalue weighted by Crippen LogP contribution is -2.33. The number of rotatable bonds is 6. The van der Waals surface area contributed by atoms with Gasteiger partial charge >= 0.3 is 6.18 Å². The summed E-state index contributed by atoms with van der Waals surface area (Å²) in [6.07, 6.45) is -2.83. The predicted molar refractivity (Wildman–Crippen MR) is 93.9 cm³/mol. The number of hydrogen-bond acceptors (Lipinski definition) is 3. The van der Waals surface area contributed by atoms with E-state index in [0.717, 1.165) is 30.5 Å². The molecule has 144 valence electrons. The minimum absolute atomic E-state index is 0.0166. The molecular formula is C20H20F3NO3. The van der Waals surface area contributed by atoms with Crippen LogP contribution in [-0.2, 0) is 12.7 Å². The summed E-state index contributed by atoms with van der Waals surface area (Å²) in [5.41, 5.74) is -0.0641. The van der Waals surface area contributed by atoms with E-state index in [-0.39, 0.29) is 18.2 Å². The Labute approximate surface area is 155 Å². The van der Waals surface area contributed by atoms with Gasteiger partial charge in [0.25, 0.3) is 5.91 Å². The van der Waals surface area contributed by atoms with Crippen molar-refractivity contribution in [1.29, 1.82) is 0 Å². The van der Waals surface area contributed by atoms with Crippen LogP contribution in [0.2, 0.25) is 0 Å². The zero-order valence-electron chi connectivity index (χ0n) is 15.0. The van der Waals surface area contributed by atoms with E-state index in [1.807, 2.05) is 0 Å². The molecule has 0 radical (unpaired) electrons. The van der Waals surface area contributed by atoms with Crippen molar-refractivity contribution in [1.82, 2.24) is 4.90 Å². The van der Waals surface area contributed by atoms with Crippen molar-refractivity contribution >= 4 is 5.91 Å². The van der Waals surface area contributed by atoms with Gasteiger partial charge < -0.3 is 14.4 Å². The number of carbonyl (C=O) groups is 1. The van der Waals surface area contributed by atoms with Crippen LogP contribution in [0.15, 0.2) is 42.5 Å². The molecule has 0 spiro atoms. The topological polar surface area (TPSA) is 38.8 Å². The number of methoxy groups -OCH3 is 2. The summed E-state index contributed by atoms with van der Waals surface area (Å²) in [5.74, 6) is 0.792. The van der Waals surface area contributed by atoms with Gasteiger partial charge in [0.1, 0.15) is 11.5 Å². The summed E-state index contributed by atoms with van der Waals surface area (Å²) >= 11 is 0. The van der Waals surface area contributed by atoms with Gasteiger partial charge in [0.05, 0.1) is 26.3 Å². The van der Waals surface area contributed by atoms with Gasteiger partial charge in [-0.25, -0.2) is 0 Å². The Bertz CT molecular complexity index is 831. The second-order valence-electron chi connectivity index (χ2n) is 6.42. The summed E-state index contributed by atoms with van der Waals surface area (Å²) in [6, 6.07) is 9.82. The van der Waals surface area contributed by atoms with Crippen LogP contribution in [0.3, 0.4) is 0 Å². The van der Waals surface area contributed by atoms with E-state index in [0.29, 0.717) is 11.5 Å². The number of carbonyl (C=O) groups excluding carboxylic acids is 1. The molecule has 1 aliphatic carbocycles.